The minimum Gasteiger partial charge on any atom is -0.267 e. The second-order valence-electron chi connectivity index (χ2n) is 6.56. The highest BCUT2D eigenvalue weighted by atomic mass is 35.5. The van der Waals surface area contributed by atoms with Crippen LogP contribution in [0.3, 0.4) is 0 Å². The number of nitrogens with zero attached hydrogens (tertiary/aromatic N) is 2. The van der Waals surface area contributed by atoms with Gasteiger partial charge in [-0.1, -0.05) is 66.2 Å². The minimum absolute atomic E-state index is 0.541. The lowest BCUT2D eigenvalue weighted by Gasteiger charge is -2.27. The quantitative estimate of drug-likeness (QED) is 0.456. The number of aromatic nitrogens is 2. The molecule has 2 nitrogen and oxygen atoms in total. The molecule has 0 atom stereocenters. The fraction of sp³-hybridized carbons (Fsp3) is 0.0870. The molecular weight excluding hydrogens is 371 g/mol. The third-order valence-corrected chi connectivity index (χ3v) is 9.46. The SMILES string of the molecule is Cn1nc(Cl)cc1C[P+](c1ccccc1)(c1ccccc1)c1ccccc1. The van der Waals surface area contributed by atoms with E-state index in [0.29, 0.717) is 5.15 Å². The van der Waals surface area contributed by atoms with Crippen molar-refractivity contribution in [2.24, 2.45) is 7.05 Å². The Morgan fingerprint density at radius 3 is 1.48 bits per heavy atom. The molecule has 0 unspecified atom stereocenters. The van der Waals surface area contributed by atoms with Gasteiger partial charge in [0.05, 0.1) is 5.69 Å². The molecule has 4 heteroatoms. The van der Waals surface area contributed by atoms with E-state index >= 15 is 0 Å². The van der Waals surface area contributed by atoms with Gasteiger partial charge >= 0.3 is 0 Å². The molecule has 1 heterocycles. The first-order valence-electron chi connectivity index (χ1n) is 8.93. The van der Waals surface area contributed by atoms with Gasteiger partial charge in [0.1, 0.15) is 29.3 Å². The third-order valence-electron chi connectivity index (χ3n) is 4.94. The molecule has 0 aliphatic carbocycles. The van der Waals surface area contributed by atoms with E-state index in [9.17, 15) is 0 Å². The normalized spacial score (nSPS) is 11.5. The van der Waals surface area contributed by atoms with Crippen LogP contribution < -0.4 is 15.9 Å². The average Bonchev–Trinajstić information content (AvgIpc) is 3.04. The topological polar surface area (TPSA) is 17.8 Å². The molecule has 1 aromatic heterocycles. The first-order chi connectivity index (χ1) is 13.2. The van der Waals surface area contributed by atoms with Gasteiger partial charge in [0.15, 0.2) is 5.15 Å². The smallest absolute Gasteiger partial charge is 0.151 e. The summed E-state index contributed by atoms with van der Waals surface area (Å²) in [6.07, 6.45) is 0.876. The van der Waals surface area contributed by atoms with Crippen LogP contribution in [0.2, 0.25) is 5.15 Å². The monoisotopic (exact) mass is 391 g/mol. The maximum Gasteiger partial charge on any atom is 0.151 e. The van der Waals surface area contributed by atoms with E-state index in [0.717, 1.165) is 11.9 Å². The van der Waals surface area contributed by atoms with Crippen molar-refractivity contribution < 1.29 is 0 Å². The maximum atomic E-state index is 6.21. The molecule has 0 saturated heterocycles. The second kappa shape index (κ2) is 7.68. The summed E-state index contributed by atoms with van der Waals surface area (Å²) in [4.78, 5) is 0. The van der Waals surface area contributed by atoms with E-state index in [1.807, 2.05) is 17.8 Å². The molecule has 0 aliphatic heterocycles. The summed E-state index contributed by atoms with van der Waals surface area (Å²) in [5.41, 5.74) is 1.14. The molecule has 4 rings (SSSR count). The van der Waals surface area contributed by atoms with E-state index in [1.54, 1.807) is 0 Å². The lowest BCUT2D eigenvalue weighted by atomic mass is 10.3. The zero-order chi connectivity index (χ0) is 18.7. The second-order valence-corrected chi connectivity index (χ2v) is 10.4. The largest absolute Gasteiger partial charge is 0.267 e. The van der Waals surface area contributed by atoms with Crippen LogP contribution in [0.25, 0.3) is 0 Å². The van der Waals surface area contributed by atoms with Gasteiger partial charge in [0.2, 0.25) is 0 Å². The molecule has 0 radical (unpaired) electrons. The zero-order valence-corrected chi connectivity index (χ0v) is 16.8. The molecule has 0 N–H and O–H groups in total. The number of hydrogen-bond donors (Lipinski definition) is 0. The highest BCUT2D eigenvalue weighted by Crippen LogP contribution is 2.58. The van der Waals surface area contributed by atoms with Gasteiger partial charge in [-0.05, 0) is 36.4 Å². The summed E-state index contributed by atoms with van der Waals surface area (Å²) in [5.74, 6) is 0. The van der Waals surface area contributed by atoms with Gasteiger partial charge in [0.25, 0.3) is 0 Å². The van der Waals surface area contributed by atoms with Crippen LogP contribution in [0.5, 0.6) is 0 Å². The van der Waals surface area contributed by atoms with Crippen LogP contribution in [0.15, 0.2) is 97.1 Å². The summed E-state index contributed by atoms with van der Waals surface area (Å²) in [6, 6.07) is 34.5. The number of benzene rings is 3. The summed E-state index contributed by atoms with van der Waals surface area (Å²) in [5, 5.41) is 9.00. The molecular formula is C23H21ClN2P+. The van der Waals surface area contributed by atoms with Crippen LogP contribution in [-0.2, 0) is 13.2 Å². The van der Waals surface area contributed by atoms with Crippen LogP contribution >= 0.6 is 18.9 Å². The Labute approximate surface area is 165 Å². The Balaban J connectivity index is 2.01. The zero-order valence-electron chi connectivity index (χ0n) is 15.2. The number of halogens is 1. The molecule has 134 valence electrons. The fourth-order valence-electron chi connectivity index (χ4n) is 3.63. The molecule has 4 aromatic rings. The van der Waals surface area contributed by atoms with Crippen LogP contribution in [-0.4, -0.2) is 9.78 Å². The van der Waals surface area contributed by atoms with Crippen molar-refractivity contribution >= 4 is 34.8 Å². The standard InChI is InChI=1S/C23H21ClN2P/c1-26-19(17-23(24)25-26)18-27(20-11-5-2-6-12-20,21-13-7-3-8-14-21)22-15-9-4-10-16-22/h2-17H,18H2,1H3/q+1. The molecule has 27 heavy (non-hydrogen) atoms. The Hall–Kier alpha value is -2.41. The number of hydrogen-bond acceptors (Lipinski definition) is 1. The van der Waals surface area contributed by atoms with Crippen LogP contribution in [0.4, 0.5) is 0 Å². The molecule has 0 fully saturated rings. The predicted octanol–water partition coefficient (Wildman–Crippen LogP) is 4.57. The van der Waals surface area contributed by atoms with Crippen molar-refractivity contribution in [1.82, 2.24) is 9.78 Å². The summed E-state index contributed by atoms with van der Waals surface area (Å²) in [7, 11) is 0.0609. The van der Waals surface area contributed by atoms with Gasteiger partial charge in [-0.25, -0.2) is 0 Å². The van der Waals surface area contributed by atoms with Crippen molar-refractivity contribution in [3.8, 4) is 0 Å². The Morgan fingerprint density at radius 2 is 1.15 bits per heavy atom. The van der Waals surface area contributed by atoms with E-state index in [1.165, 1.54) is 15.9 Å². The van der Waals surface area contributed by atoms with Crippen molar-refractivity contribution in [3.63, 3.8) is 0 Å². The third kappa shape index (κ3) is 3.43. The molecule has 3 aromatic carbocycles. The Bertz CT molecular complexity index is 918. The molecule has 0 saturated carbocycles. The Kier molecular flexibility index (Phi) is 5.11. The van der Waals surface area contributed by atoms with Crippen molar-refractivity contribution in [1.29, 1.82) is 0 Å². The lowest BCUT2D eigenvalue weighted by Crippen LogP contribution is -2.32. The van der Waals surface area contributed by atoms with E-state index in [4.69, 9.17) is 11.6 Å². The highest BCUT2D eigenvalue weighted by molar-refractivity contribution is 7.95. The van der Waals surface area contributed by atoms with Gasteiger partial charge in [0, 0.05) is 13.1 Å². The summed E-state index contributed by atoms with van der Waals surface area (Å²) in [6.45, 7) is 0. The molecule has 0 amide bonds. The summed E-state index contributed by atoms with van der Waals surface area (Å²) < 4.78 is 1.91. The van der Waals surface area contributed by atoms with Gasteiger partial charge < -0.3 is 0 Å². The predicted molar refractivity (Wildman–Crippen MR) is 117 cm³/mol. The number of aryl methyl sites for hydroxylation is 1. The average molecular weight is 392 g/mol. The van der Waals surface area contributed by atoms with E-state index in [-0.39, 0.29) is 0 Å². The first-order valence-corrected chi connectivity index (χ1v) is 11.3. The van der Waals surface area contributed by atoms with Crippen LogP contribution in [0, 0.1) is 0 Å². The van der Waals surface area contributed by atoms with Gasteiger partial charge in [-0.3, -0.25) is 4.68 Å². The highest BCUT2D eigenvalue weighted by Gasteiger charge is 2.46. The van der Waals surface area contributed by atoms with Gasteiger partial charge in [-0.15, -0.1) is 0 Å². The molecule has 0 aliphatic rings. The molecule has 0 bridgehead atoms. The summed E-state index contributed by atoms with van der Waals surface area (Å²) >= 11 is 6.21. The minimum atomic E-state index is -1.91. The van der Waals surface area contributed by atoms with Crippen molar-refractivity contribution in [3.05, 3.63) is 108 Å². The van der Waals surface area contributed by atoms with Gasteiger partial charge in [-0.2, -0.15) is 5.10 Å². The maximum absolute atomic E-state index is 6.21. The lowest BCUT2D eigenvalue weighted by molar-refractivity contribution is 0.735. The van der Waals surface area contributed by atoms with Crippen molar-refractivity contribution in [2.45, 2.75) is 6.16 Å². The number of rotatable bonds is 5. The Morgan fingerprint density at radius 1 is 0.741 bits per heavy atom. The fourth-order valence-corrected chi connectivity index (χ4v) is 8.13. The van der Waals surface area contributed by atoms with E-state index in [2.05, 4.69) is 96.1 Å². The van der Waals surface area contributed by atoms with Crippen LogP contribution in [0.1, 0.15) is 5.69 Å². The molecule has 0 spiro atoms. The first kappa shape index (κ1) is 18.0. The van der Waals surface area contributed by atoms with Crippen molar-refractivity contribution in [2.75, 3.05) is 0 Å². The van der Waals surface area contributed by atoms with E-state index < -0.39 is 7.26 Å².